The van der Waals surface area contributed by atoms with Crippen LogP contribution in [-0.4, -0.2) is 39.9 Å². The molecule has 1 atom stereocenters. The molecule has 0 saturated carbocycles. The number of likely N-dealkylation sites (N-methyl/N-ethyl adjacent to an activating group) is 1. The van der Waals surface area contributed by atoms with E-state index in [1.54, 1.807) is 19.2 Å². The molecule has 0 unspecified atom stereocenters. The number of nitrogens with two attached hydrogens (primary N) is 1. The first-order valence-corrected chi connectivity index (χ1v) is 9.97. The molecular formula is C19H25N3O4S. The number of hydrogen-bond acceptors (Lipinski definition) is 5. The maximum Gasteiger partial charge on any atom is 0.238 e. The number of nitrogens with one attached hydrogen (secondary N) is 1. The Balaban J connectivity index is 1.90. The lowest BCUT2D eigenvalue weighted by atomic mass is 10.1. The third-order valence-corrected chi connectivity index (χ3v) is 5.02. The molecule has 27 heavy (non-hydrogen) atoms. The van der Waals surface area contributed by atoms with Gasteiger partial charge in [-0.2, -0.15) is 0 Å². The minimum atomic E-state index is -3.72. The summed E-state index contributed by atoms with van der Waals surface area (Å²) in [7, 11) is -0.238. The fraction of sp³-hybridized carbons (Fsp3) is 0.316. The molecule has 0 aromatic heterocycles. The Kier molecular flexibility index (Phi) is 6.95. The largest absolute Gasteiger partial charge is 0.497 e. The highest BCUT2D eigenvalue weighted by Crippen LogP contribution is 2.16. The van der Waals surface area contributed by atoms with Crippen LogP contribution in [0.2, 0.25) is 0 Å². The lowest BCUT2D eigenvalue weighted by Crippen LogP contribution is -2.36. The number of primary sulfonamides is 1. The molecule has 8 heteroatoms. The van der Waals surface area contributed by atoms with Crippen molar-refractivity contribution in [2.75, 3.05) is 20.7 Å². The van der Waals surface area contributed by atoms with Gasteiger partial charge < -0.3 is 10.1 Å². The summed E-state index contributed by atoms with van der Waals surface area (Å²) in [6, 6.07) is 13.6. The molecule has 7 nitrogen and oxygen atoms in total. The van der Waals surface area contributed by atoms with Gasteiger partial charge in [-0.15, -0.1) is 0 Å². The summed E-state index contributed by atoms with van der Waals surface area (Å²) in [4.78, 5) is 14.2. The SMILES string of the molecule is COc1cccc(CN(C)CC(=O)N[C@@H](C)c2ccc(S(N)(=O)=O)cc2)c1. The van der Waals surface area contributed by atoms with Gasteiger partial charge in [0.2, 0.25) is 15.9 Å². The van der Waals surface area contributed by atoms with Crippen LogP contribution in [0.3, 0.4) is 0 Å². The summed E-state index contributed by atoms with van der Waals surface area (Å²) in [5.74, 6) is 0.658. The number of rotatable bonds is 8. The molecule has 2 aromatic rings. The summed E-state index contributed by atoms with van der Waals surface area (Å²) in [6.45, 7) is 2.69. The molecule has 1 amide bonds. The second-order valence-electron chi connectivity index (χ2n) is 6.43. The van der Waals surface area contributed by atoms with Crippen LogP contribution in [0.4, 0.5) is 0 Å². The van der Waals surface area contributed by atoms with Crippen molar-refractivity contribution < 1.29 is 17.9 Å². The second-order valence-corrected chi connectivity index (χ2v) is 7.99. The molecule has 2 rings (SSSR count). The number of methoxy groups -OCH3 is 1. The Labute approximate surface area is 160 Å². The summed E-state index contributed by atoms with van der Waals surface area (Å²) < 4.78 is 27.8. The molecular weight excluding hydrogens is 366 g/mol. The number of amides is 1. The standard InChI is InChI=1S/C19H25N3O4S/c1-14(16-7-9-18(10-8-16)27(20,24)25)21-19(23)13-22(2)12-15-5-4-6-17(11-15)26-3/h4-11,14H,12-13H2,1-3H3,(H,21,23)(H2,20,24,25)/t14-/m0/s1. The predicted molar refractivity (Wildman–Crippen MR) is 104 cm³/mol. The average molecular weight is 391 g/mol. The lowest BCUT2D eigenvalue weighted by Gasteiger charge is -2.19. The molecule has 0 fully saturated rings. The minimum absolute atomic E-state index is 0.0443. The van der Waals surface area contributed by atoms with Crippen molar-refractivity contribution >= 4 is 15.9 Å². The zero-order chi connectivity index (χ0) is 20.0. The highest BCUT2D eigenvalue weighted by molar-refractivity contribution is 7.89. The Morgan fingerprint density at radius 1 is 1.22 bits per heavy atom. The number of carbonyl (C=O) groups excluding carboxylic acids is 1. The van der Waals surface area contributed by atoms with Gasteiger partial charge in [-0.3, -0.25) is 9.69 Å². The Hall–Kier alpha value is -2.42. The molecule has 0 aliphatic carbocycles. The lowest BCUT2D eigenvalue weighted by molar-refractivity contribution is -0.122. The number of sulfonamides is 1. The topological polar surface area (TPSA) is 102 Å². The quantitative estimate of drug-likeness (QED) is 0.712. The number of ether oxygens (including phenoxy) is 1. The van der Waals surface area contributed by atoms with Gasteiger partial charge in [-0.1, -0.05) is 24.3 Å². The molecule has 0 heterocycles. The molecule has 0 aliphatic rings. The first kappa shape index (κ1) is 20.9. The monoisotopic (exact) mass is 391 g/mol. The van der Waals surface area contributed by atoms with Crippen LogP contribution in [0.1, 0.15) is 24.1 Å². The third kappa shape index (κ3) is 6.35. The Morgan fingerprint density at radius 3 is 2.48 bits per heavy atom. The van der Waals surface area contributed by atoms with Gasteiger partial charge in [0.1, 0.15) is 5.75 Å². The summed E-state index contributed by atoms with van der Waals surface area (Å²) >= 11 is 0. The van der Waals surface area contributed by atoms with Crippen molar-refractivity contribution in [3.8, 4) is 5.75 Å². The predicted octanol–water partition coefficient (Wildman–Crippen LogP) is 1.65. The maximum atomic E-state index is 12.3. The second kappa shape index (κ2) is 8.98. The first-order chi connectivity index (χ1) is 12.7. The van der Waals surface area contributed by atoms with Crippen LogP contribution in [0.15, 0.2) is 53.4 Å². The Bertz CT molecular complexity index is 882. The summed E-state index contributed by atoms with van der Waals surface area (Å²) in [5, 5.41) is 8.00. The van der Waals surface area contributed by atoms with E-state index in [-0.39, 0.29) is 23.4 Å². The molecule has 0 radical (unpaired) electrons. The Morgan fingerprint density at radius 2 is 1.89 bits per heavy atom. The minimum Gasteiger partial charge on any atom is -0.497 e. The molecule has 3 N–H and O–H groups in total. The zero-order valence-corrected chi connectivity index (χ0v) is 16.5. The van der Waals surface area contributed by atoms with Crippen LogP contribution < -0.4 is 15.2 Å². The van der Waals surface area contributed by atoms with Gasteiger partial charge in [0.15, 0.2) is 0 Å². The van der Waals surface area contributed by atoms with Gasteiger partial charge in [0.05, 0.1) is 24.6 Å². The van der Waals surface area contributed by atoms with E-state index in [0.717, 1.165) is 16.9 Å². The number of carbonyl (C=O) groups is 1. The van der Waals surface area contributed by atoms with Crippen LogP contribution >= 0.6 is 0 Å². The molecule has 0 spiro atoms. The molecule has 0 bridgehead atoms. The fourth-order valence-electron chi connectivity index (χ4n) is 2.70. The normalized spacial score (nSPS) is 12.6. The molecule has 0 aliphatic heterocycles. The van der Waals surface area contributed by atoms with Crippen molar-refractivity contribution in [2.45, 2.75) is 24.4 Å². The number of hydrogen-bond donors (Lipinski definition) is 2. The van der Waals surface area contributed by atoms with Crippen LogP contribution in [0, 0.1) is 0 Å². The van der Waals surface area contributed by atoms with E-state index in [0.29, 0.717) is 6.54 Å². The van der Waals surface area contributed by atoms with Crippen molar-refractivity contribution in [3.05, 3.63) is 59.7 Å². The van der Waals surface area contributed by atoms with Gasteiger partial charge in [-0.05, 0) is 49.4 Å². The van der Waals surface area contributed by atoms with Gasteiger partial charge in [0.25, 0.3) is 0 Å². The van der Waals surface area contributed by atoms with Crippen molar-refractivity contribution in [1.82, 2.24) is 10.2 Å². The van der Waals surface area contributed by atoms with E-state index in [1.807, 2.05) is 43.1 Å². The zero-order valence-electron chi connectivity index (χ0n) is 15.7. The summed E-state index contributed by atoms with van der Waals surface area (Å²) in [6.07, 6.45) is 0. The van der Waals surface area contributed by atoms with Crippen molar-refractivity contribution in [2.24, 2.45) is 5.14 Å². The number of nitrogens with zero attached hydrogens (tertiary/aromatic N) is 1. The van der Waals surface area contributed by atoms with E-state index in [1.165, 1.54) is 12.1 Å². The van der Waals surface area contributed by atoms with E-state index >= 15 is 0 Å². The smallest absolute Gasteiger partial charge is 0.238 e. The van der Waals surface area contributed by atoms with E-state index in [4.69, 9.17) is 9.88 Å². The van der Waals surface area contributed by atoms with Crippen molar-refractivity contribution in [1.29, 1.82) is 0 Å². The molecule has 146 valence electrons. The average Bonchev–Trinajstić information content (AvgIpc) is 2.60. The fourth-order valence-corrected chi connectivity index (χ4v) is 3.22. The molecule has 2 aromatic carbocycles. The highest BCUT2D eigenvalue weighted by atomic mass is 32.2. The van der Waals surface area contributed by atoms with Crippen LogP contribution in [0.25, 0.3) is 0 Å². The van der Waals surface area contributed by atoms with Crippen molar-refractivity contribution in [3.63, 3.8) is 0 Å². The third-order valence-electron chi connectivity index (χ3n) is 4.09. The maximum absolute atomic E-state index is 12.3. The van der Waals surface area contributed by atoms with E-state index < -0.39 is 10.0 Å². The number of benzene rings is 2. The van der Waals surface area contributed by atoms with Crippen LogP contribution in [0.5, 0.6) is 5.75 Å². The van der Waals surface area contributed by atoms with E-state index in [9.17, 15) is 13.2 Å². The van der Waals surface area contributed by atoms with Gasteiger partial charge >= 0.3 is 0 Å². The summed E-state index contributed by atoms with van der Waals surface area (Å²) in [5.41, 5.74) is 1.85. The van der Waals surface area contributed by atoms with Gasteiger partial charge in [-0.25, -0.2) is 13.6 Å². The van der Waals surface area contributed by atoms with Crippen LogP contribution in [-0.2, 0) is 21.4 Å². The first-order valence-electron chi connectivity index (χ1n) is 8.42. The highest BCUT2D eigenvalue weighted by Gasteiger charge is 2.13. The van der Waals surface area contributed by atoms with Gasteiger partial charge in [0, 0.05) is 6.54 Å². The molecule has 0 saturated heterocycles. The van der Waals surface area contributed by atoms with E-state index in [2.05, 4.69) is 5.32 Å².